The van der Waals surface area contributed by atoms with Crippen molar-refractivity contribution < 1.29 is 9.53 Å². The minimum absolute atomic E-state index is 0.0354. The first kappa shape index (κ1) is 24.6. The van der Waals surface area contributed by atoms with Crippen LogP contribution < -0.4 is 20.4 Å². The molecule has 2 amide bonds. The lowest BCUT2D eigenvalue weighted by Crippen LogP contribution is -2.45. The summed E-state index contributed by atoms with van der Waals surface area (Å²) in [5.74, 6) is 2.50. The summed E-state index contributed by atoms with van der Waals surface area (Å²) >= 11 is 2.15. The molecule has 11 heteroatoms. The van der Waals surface area contributed by atoms with Gasteiger partial charge in [0.05, 0.1) is 35.5 Å². The largest absolute Gasteiger partial charge is 0.377 e. The molecule has 2 aliphatic rings. The van der Waals surface area contributed by atoms with Crippen LogP contribution in [0.3, 0.4) is 0 Å². The lowest BCUT2D eigenvalue weighted by atomic mass is 10.0. The first-order valence-corrected chi connectivity index (χ1v) is 13.3. The van der Waals surface area contributed by atoms with Gasteiger partial charge in [-0.25, -0.2) is 14.8 Å². The standard InChI is InChI=1S/C25H29IN8O2/c1-16-15-36-13-12-34(16)24-20-9-11-33(22-4-3-10-27-32-22)14-21(20)30-23(31-24)18-5-7-19(8-6-18)29-25(35)28-17(2)26/h3-8,10,16-17H,9,11-15H2,1-2H3,(H2,28,29,35). The number of aromatic nitrogens is 4. The summed E-state index contributed by atoms with van der Waals surface area (Å²) < 4.78 is 5.72. The maximum Gasteiger partial charge on any atom is 0.320 e. The van der Waals surface area contributed by atoms with E-state index in [9.17, 15) is 4.79 Å². The predicted octanol–water partition coefficient (Wildman–Crippen LogP) is 3.62. The molecule has 2 aliphatic heterocycles. The zero-order valence-corrected chi connectivity index (χ0v) is 22.5. The van der Waals surface area contributed by atoms with Crippen molar-refractivity contribution in [2.75, 3.05) is 41.4 Å². The summed E-state index contributed by atoms with van der Waals surface area (Å²) in [5.41, 5.74) is 3.80. The second-order valence-corrected chi connectivity index (χ2v) is 10.8. The van der Waals surface area contributed by atoms with Gasteiger partial charge in [0.1, 0.15) is 5.82 Å². The van der Waals surface area contributed by atoms with Crippen LogP contribution in [-0.4, -0.2) is 62.6 Å². The zero-order valence-electron chi connectivity index (χ0n) is 20.3. The van der Waals surface area contributed by atoms with E-state index >= 15 is 0 Å². The molecule has 36 heavy (non-hydrogen) atoms. The Labute approximate surface area is 224 Å². The van der Waals surface area contributed by atoms with E-state index in [-0.39, 0.29) is 16.1 Å². The fraction of sp³-hybridized carbons (Fsp3) is 0.400. The molecule has 10 nitrogen and oxygen atoms in total. The highest BCUT2D eigenvalue weighted by molar-refractivity contribution is 14.1. The smallest absolute Gasteiger partial charge is 0.320 e. The van der Waals surface area contributed by atoms with E-state index in [0.29, 0.717) is 31.3 Å². The summed E-state index contributed by atoms with van der Waals surface area (Å²) in [6, 6.07) is 11.5. The third kappa shape index (κ3) is 5.51. The molecule has 0 bridgehead atoms. The maximum absolute atomic E-state index is 12.1. The van der Waals surface area contributed by atoms with Gasteiger partial charge in [-0.05, 0) is 56.7 Å². The Morgan fingerprint density at radius 2 is 2.03 bits per heavy atom. The highest BCUT2D eigenvalue weighted by Gasteiger charge is 2.29. The summed E-state index contributed by atoms with van der Waals surface area (Å²) in [6.07, 6.45) is 2.52. The molecule has 3 aromatic rings. The SMILES string of the molecule is CC(I)NC(=O)Nc1ccc(-c2nc3c(c(N4CCOCC4C)n2)CCN(c2cccnn2)C3)cc1. The minimum atomic E-state index is -0.234. The monoisotopic (exact) mass is 600 g/mol. The van der Waals surface area contributed by atoms with E-state index in [1.807, 2.05) is 43.3 Å². The number of benzene rings is 1. The Morgan fingerprint density at radius 1 is 1.19 bits per heavy atom. The number of hydrogen-bond donors (Lipinski definition) is 2. The molecule has 1 aromatic carbocycles. The van der Waals surface area contributed by atoms with Gasteiger partial charge in [-0.3, -0.25) is 0 Å². The molecule has 2 aromatic heterocycles. The van der Waals surface area contributed by atoms with Gasteiger partial charge in [-0.15, -0.1) is 5.10 Å². The van der Waals surface area contributed by atoms with Gasteiger partial charge in [0.2, 0.25) is 0 Å². The molecule has 0 spiro atoms. The number of carbonyl (C=O) groups is 1. The molecular weight excluding hydrogens is 571 g/mol. The van der Waals surface area contributed by atoms with Crippen molar-refractivity contribution in [1.82, 2.24) is 25.5 Å². The number of hydrogen-bond acceptors (Lipinski definition) is 8. The van der Waals surface area contributed by atoms with E-state index in [1.54, 1.807) is 6.20 Å². The Hall–Kier alpha value is -3.06. The lowest BCUT2D eigenvalue weighted by molar-refractivity contribution is 0.0984. The van der Waals surface area contributed by atoms with Crippen molar-refractivity contribution in [2.45, 2.75) is 36.9 Å². The third-order valence-electron chi connectivity index (χ3n) is 6.30. The van der Waals surface area contributed by atoms with Gasteiger partial charge in [-0.1, -0.05) is 22.6 Å². The maximum atomic E-state index is 12.1. The number of halogens is 1. The predicted molar refractivity (Wildman–Crippen MR) is 148 cm³/mol. The van der Waals surface area contributed by atoms with Crippen LogP contribution in [0.15, 0.2) is 42.6 Å². The summed E-state index contributed by atoms with van der Waals surface area (Å²) in [7, 11) is 0. The quantitative estimate of drug-likeness (QED) is 0.260. The van der Waals surface area contributed by atoms with Crippen molar-refractivity contribution in [3.05, 3.63) is 53.9 Å². The Kier molecular flexibility index (Phi) is 7.46. The number of nitrogens with one attached hydrogen (secondary N) is 2. The second kappa shape index (κ2) is 10.9. The van der Waals surface area contributed by atoms with Crippen LogP contribution >= 0.6 is 22.6 Å². The van der Waals surface area contributed by atoms with Crippen molar-refractivity contribution in [1.29, 1.82) is 0 Å². The van der Waals surface area contributed by atoms with E-state index in [4.69, 9.17) is 14.7 Å². The first-order valence-electron chi connectivity index (χ1n) is 12.1. The van der Waals surface area contributed by atoms with Crippen LogP contribution in [0.1, 0.15) is 25.1 Å². The fourth-order valence-electron chi connectivity index (χ4n) is 4.53. The molecule has 1 fully saturated rings. The van der Waals surface area contributed by atoms with E-state index < -0.39 is 0 Å². The van der Waals surface area contributed by atoms with Crippen LogP contribution in [0, 0.1) is 0 Å². The molecule has 0 radical (unpaired) electrons. The summed E-state index contributed by atoms with van der Waals surface area (Å²) in [6.45, 7) is 7.72. The van der Waals surface area contributed by atoms with Crippen LogP contribution in [-0.2, 0) is 17.7 Å². The molecule has 0 saturated carbocycles. The van der Waals surface area contributed by atoms with Gasteiger partial charge in [0.15, 0.2) is 11.6 Å². The van der Waals surface area contributed by atoms with Crippen LogP contribution in [0.25, 0.3) is 11.4 Å². The average molecular weight is 600 g/mol. The van der Waals surface area contributed by atoms with Crippen molar-refractivity contribution in [2.24, 2.45) is 0 Å². The fourth-order valence-corrected chi connectivity index (χ4v) is 4.81. The van der Waals surface area contributed by atoms with Gasteiger partial charge in [0.25, 0.3) is 0 Å². The summed E-state index contributed by atoms with van der Waals surface area (Å²) in [4.78, 5) is 26.7. The molecule has 5 rings (SSSR count). The van der Waals surface area contributed by atoms with E-state index in [2.05, 4.69) is 60.1 Å². The number of amides is 2. The highest BCUT2D eigenvalue weighted by atomic mass is 127. The number of nitrogens with zero attached hydrogens (tertiary/aromatic N) is 6. The van der Waals surface area contributed by atoms with Gasteiger partial charge >= 0.3 is 6.03 Å². The van der Waals surface area contributed by atoms with Gasteiger partial charge in [-0.2, -0.15) is 5.10 Å². The molecule has 188 valence electrons. The molecule has 0 aliphatic carbocycles. The Balaban J connectivity index is 1.47. The molecule has 2 unspecified atom stereocenters. The number of fused-ring (bicyclic) bond motifs is 1. The number of urea groups is 1. The molecule has 4 heterocycles. The number of ether oxygens (including phenoxy) is 1. The Bertz CT molecular complexity index is 1210. The summed E-state index contributed by atoms with van der Waals surface area (Å²) in [5, 5.41) is 14.0. The average Bonchev–Trinajstić information content (AvgIpc) is 2.88. The van der Waals surface area contributed by atoms with Crippen molar-refractivity contribution in [3.8, 4) is 11.4 Å². The number of alkyl halides is 1. The van der Waals surface area contributed by atoms with E-state index in [0.717, 1.165) is 42.4 Å². The zero-order chi connectivity index (χ0) is 25.1. The lowest BCUT2D eigenvalue weighted by Gasteiger charge is -2.38. The second-order valence-electron chi connectivity index (χ2n) is 8.96. The van der Waals surface area contributed by atoms with Crippen molar-refractivity contribution in [3.63, 3.8) is 0 Å². The van der Waals surface area contributed by atoms with Crippen LogP contribution in [0.4, 0.5) is 22.1 Å². The highest BCUT2D eigenvalue weighted by Crippen LogP contribution is 2.32. The molecule has 2 N–H and O–H groups in total. The Morgan fingerprint density at radius 3 is 2.75 bits per heavy atom. The number of carbonyl (C=O) groups excluding carboxylic acids is 1. The number of anilines is 3. The van der Waals surface area contributed by atoms with Gasteiger partial charge in [0, 0.05) is 36.1 Å². The normalized spacial score (nSPS) is 18.4. The van der Waals surface area contributed by atoms with Crippen LogP contribution in [0.5, 0.6) is 0 Å². The first-order chi connectivity index (χ1) is 17.5. The molecule has 2 atom stereocenters. The topological polar surface area (TPSA) is 108 Å². The minimum Gasteiger partial charge on any atom is -0.377 e. The number of morpholine rings is 1. The molecular formula is C25H29IN8O2. The third-order valence-corrected chi connectivity index (χ3v) is 6.61. The van der Waals surface area contributed by atoms with E-state index in [1.165, 1.54) is 5.56 Å². The molecule has 1 saturated heterocycles. The van der Waals surface area contributed by atoms with Gasteiger partial charge < -0.3 is 25.2 Å². The number of rotatable bonds is 5. The van der Waals surface area contributed by atoms with Crippen molar-refractivity contribution >= 4 is 45.9 Å². The van der Waals surface area contributed by atoms with Crippen LogP contribution in [0.2, 0.25) is 0 Å².